The number of aromatic nitrogens is 1. The number of carbonyl (C=O) groups is 1. The van der Waals surface area contributed by atoms with Crippen molar-refractivity contribution in [3.8, 4) is 11.1 Å². The zero-order chi connectivity index (χ0) is 22.0. The lowest BCUT2D eigenvalue weighted by Gasteiger charge is -2.46. The van der Waals surface area contributed by atoms with Crippen LogP contribution in [-0.2, 0) is 6.54 Å². The van der Waals surface area contributed by atoms with Gasteiger partial charge in [0, 0.05) is 33.5 Å². The van der Waals surface area contributed by atoms with Crippen LogP contribution in [0.5, 0.6) is 0 Å². The van der Waals surface area contributed by atoms with Crippen molar-refractivity contribution in [2.45, 2.75) is 55.1 Å². The molecule has 3 aromatic rings. The van der Waals surface area contributed by atoms with Crippen molar-refractivity contribution in [1.82, 2.24) is 9.88 Å². The summed E-state index contributed by atoms with van der Waals surface area (Å²) in [6, 6.07) is 6.32. The molecule has 3 aliphatic rings. The molecule has 3 saturated heterocycles. The molecular formula is C24H29N3O3S2. The van der Waals surface area contributed by atoms with Gasteiger partial charge in [-0.1, -0.05) is 0 Å². The molecule has 6 rings (SSSR count). The number of H-pyrrole nitrogens is 1. The Kier molecular flexibility index (Phi) is 4.93. The van der Waals surface area contributed by atoms with Gasteiger partial charge in [-0.15, -0.1) is 11.3 Å². The molecule has 0 saturated carbocycles. The Morgan fingerprint density at radius 2 is 1.91 bits per heavy atom. The van der Waals surface area contributed by atoms with Crippen molar-refractivity contribution >= 4 is 38.7 Å². The van der Waals surface area contributed by atoms with E-state index in [4.69, 9.17) is 5.73 Å². The van der Waals surface area contributed by atoms with Gasteiger partial charge in [-0.2, -0.15) is 10.6 Å². The maximum atomic E-state index is 12.3. The maximum Gasteiger partial charge on any atom is 0.250 e. The molecule has 3 atom stereocenters. The van der Waals surface area contributed by atoms with E-state index < -0.39 is 16.5 Å². The van der Waals surface area contributed by atoms with Gasteiger partial charge in [0.2, 0.25) is 0 Å². The molecule has 32 heavy (non-hydrogen) atoms. The van der Waals surface area contributed by atoms with E-state index in [9.17, 15) is 13.9 Å². The molecule has 0 unspecified atom stereocenters. The van der Waals surface area contributed by atoms with Crippen molar-refractivity contribution in [2.75, 3.05) is 13.1 Å². The maximum absolute atomic E-state index is 12.3. The van der Waals surface area contributed by atoms with E-state index in [1.54, 1.807) is 11.3 Å². The van der Waals surface area contributed by atoms with Crippen molar-refractivity contribution < 1.29 is 13.9 Å². The van der Waals surface area contributed by atoms with Crippen LogP contribution in [0.25, 0.3) is 22.0 Å². The zero-order valence-electron chi connectivity index (χ0n) is 17.9. The highest BCUT2D eigenvalue weighted by atomic mass is 32.3. The summed E-state index contributed by atoms with van der Waals surface area (Å²) in [6.07, 6.45) is 6.67. The summed E-state index contributed by atoms with van der Waals surface area (Å²) in [5, 5.41) is 3.20. The van der Waals surface area contributed by atoms with E-state index in [1.807, 2.05) is 12.3 Å². The standard InChI is InChI=1S/C24H29N3O3S2/c25-24(28)21-10-14(16-6-17(31-13-16)12-27-4-1-5-27)9-20-22(11-26-23(20)21)15-7-18-2-3-19(8-15)32(18,29)30/h6,9-11,13,15,18-19,26,29-30H,1-5,7-8,12H2,(H2,25,28)/t15-,18-,19+. The molecule has 5 N–H and O–H groups in total. The number of benzene rings is 1. The van der Waals surface area contributed by atoms with Crippen molar-refractivity contribution in [3.63, 3.8) is 0 Å². The highest BCUT2D eigenvalue weighted by Gasteiger charge is 2.47. The SMILES string of the molecule is NC(=O)c1cc(-c2csc(CN3CCC3)c2)cc2c([C@@H]3C[C@H]4CC[C@@H](C3)S4(O)O)c[nH]c12. The highest BCUT2D eigenvalue weighted by Crippen LogP contribution is 2.66. The molecule has 8 heteroatoms. The minimum absolute atomic E-state index is 0.00377. The molecule has 3 aliphatic heterocycles. The van der Waals surface area contributed by atoms with Gasteiger partial charge >= 0.3 is 0 Å². The second-order valence-electron chi connectivity index (χ2n) is 9.62. The summed E-state index contributed by atoms with van der Waals surface area (Å²) in [4.78, 5) is 19.4. The van der Waals surface area contributed by atoms with Crippen LogP contribution in [0.2, 0.25) is 0 Å². The minimum Gasteiger partial charge on any atom is -0.366 e. The number of aromatic amines is 1. The zero-order valence-corrected chi connectivity index (χ0v) is 19.6. The molecule has 6 nitrogen and oxygen atoms in total. The molecule has 2 aromatic heterocycles. The van der Waals surface area contributed by atoms with Gasteiger partial charge in [0.25, 0.3) is 5.91 Å². The Hall–Kier alpha value is -1.84. The van der Waals surface area contributed by atoms with Crippen LogP contribution in [-0.4, -0.2) is 48.5 Å². The van der Waals surface area contributed by atoms with E-state index in [-0.39, 0.29) is 16.4 Å². The van der Waals surface area contributed by atoms with Gasteiger partial charge in [0.15, 0.2) is 0 Å². The average molecular weight is 472 g/mol. The largest absolute Gasteiger partial charge is 0.366 e. The van der Waals surface area contributed by atoms with Crippen LogP contribution >= 0.6 is 21.9 Å². The van der Waals surface area contributed by atoms with Crippen LogP contribution in [0.1, 0.15) is 58.8 Å². The van der Waals surface area contributed by atoms with Gasteiger partial charge < -0.3 is 10.7 Å². The van der Waals surface area contributed by atoms with Crippen molar-refractivity contribution in [2.24, 2.45) is 5.73 Å². The first-order valence-electron chi connectivity index (χ1n) is 11.4. The third-order valence-corrected chi connectivity index (χ3v) is 11.5. The van der Waals surface area contributed by atoms with Crippen molar-refractivity contribution in [1.29, 1.82) is 0 Å². The summed E-state index contributed by atoms with van der Waals surface area (Å²) in [7, 11) is -2.47. The molecule has 0 aliphatic carbocycles. The summed E-state index contributed by atoms with van der Waals surface area (Å²) in [5.41, 5.74) is 10.4. The molecule has 1 amide bonds. The van der Waals surface area contributed by atoms with Crippen molar-refractivity contribution in [3.05, 3.63) is 45.8 Å². The number of nitrogens with one attached hydrogen (secondary N) is 1. The first-order valence-corrected chi connectivity index (χ1v) is 14.0. The fraction of sp³-hybridized carbons (Fsp3) is 0.458. The summed E-state index contributed by atoms with van der Waals surface area (Å²) < 4.78 is 21.1. The number of nitrogens with zero attached hydrogens (tertiary/aromatic N) is 1. The third-order valence-electron chi connectivity index (χ3n) is 7.73. The van der Waals surface area contributed by atoms with Crippen LogP contribution in [0, 0.1) is 0 Å². The first kappa shape index (κ1) is 20.7. The van der Waals surface area contributed by atoms with E-state index in [2.05, 4.69) is 27.4 Å². The molecule has 0 spiro atoms. The lowest BCUT2D eigenvalue weighted by molar-refractivity contribution is 0.100. The van der Waals surface area contributed by atoms with Crippen LogP contribution in [0.15, 0.2) is 29.8 Å². The van der Waals surface area contributed by atoms with Gasteiger partial charge in [-0.25, -0.2) is 0 Å². The summed E-state index contributed by atoms with van der Waals surface area (Å²) in [5.74, 6) is -0.166. The quantitative estimate of drug-likeness (QED) is 0.402. The lowest BCUT2D eigenvalue weighted by atomic mass is 9.89. The molecule has 0 radical (unpaired) electrons. The number of rotatable bonds is 5. The number of carbonyl (C=O) groups excluding carboxylic acids is 1. The molecule has 170 valence electrons. The highest BCUT2D eigenvalue weighted by molar-refractivity contribution is 8.25. The van der Waals surface area contributed by atoms with E-state index in [1.165, 1.54) is 30.0 Å². The van der Waals surface area contributed by atoms with E-state index in [0.717, 1.165) is 54.3 Å². The van der Waals surface area contributed by atoms with Crippen LogP contribution in [0.3, 0.4) is 0 Å². The van der Waals surface area contributed by atoms with Gasteiger partial charge in [-0.05, 0) is 91.4 Å². The lowest BCUT2D eigenvalue weighted by Crippen LogP contribution is -2.35. The molecular weight excluding hydrogens is 442 g/mol. The predicted molar refractivity (Wildman–Crippen MR) is 132 cm³/mol. The predicted octanol–water partition coefficient (Wildman–Crippen LogP) is 5.36. The number of thiophene rings is 1. The number of likely N-dealkylation sites (tertiary alicyclic amines) is 1. The second-order valence-corrected chi connectivity index (χ2v) is 13.2. The number of nitrogens with two attached hydrogens (primary N) is 1. The Bertz CT molecular complexity index is 1180. The first-order chi connectivity index (χ1) is 15.4. The normalized spacial score (nSPS) is 28.0. The van der Waals surface area contributed by atoms with Crippen LogP contribution < -0.4 is 5.73 Å². The Balaban J connectivity index is 1.38. The Labute approximate surface area is 193 Å². The number of amides is 1. The number of primary amides is 1. The number of hydrogen-bond acceptors (Lipinski definition) is 5. The third kappa shape index (κ3) is 3.31. The van der Waals surface area contributed by atoms with Gasteiger partial charge in [0.05, 0.1) is 11.1 Å². The fourth-order valence-corrected chi connectivity index (χ4v) is 9.30. The number of hydrogen-bond donors (Lipinski definition) is 4. The van der Waals surface area contributed by atoms with E-state index >= 15 is 0 Å². The molecule has 1 aromatic carbocycles. The molecule has 5 heterocycles. The Morgan fingerprint density at radius 3 is 2.56 bits per heavy atom. The van der Waals surface area contributed by atoms with Crippen LogP contribution in [0.4, 0.5) is 0 Å². The summed E-state index contributed by atoms with van der Waals surface area (Å²) in [6.45, 7) is 3.33. The molecule has 3 fully saturated rings. The second kappa shape index (κ2) is 7.60. The smallest absolute Gasteiger partial charge is 0.250 e. The minimum atomic E-state index is -2.47. The van der Waals surface area contributed by atoms with Gasteiger partial charge in [-0.3, -0.25) is 18.8 Å². The summed E-state index contributed by atoms with van der Waals surface area (Å²) >= 11 is 1.77. The molecule has 2 bridgehead atoms. The van der Waals surface area contributed by atoms with E-state index in [0.29, 0.717) is 5.56 Å². The van der Waals surface area contributed by atoms with Gasteiger partial charge in [0.1, 0.15) is 0 Å². The Morgan fingerprint density at radius 1 is 1.16 bits per heavy atom. The average Bonchev–Trinajstić information content (AvgIpc) is 3.38. The topological polar surface area (TPSA) is 103 Å². The fourth-order valence-electron chi connectivity index (χ4n) is 5.82. The number of fused-ring (bicyclic) bond motifs is 3. The monoisotopic (exact) mass is 471 g/mol.